The number of nitrogens with zero attached hydrogens (tertiary/aromatic N) is 3. The predicted octanol–water partition coefficient (Wildman–Crippen LogP) is 2.81. The van der Waals surface area contributed by atoms with Crippen molar-refractivity contribution in [3.63, 3.8) is 0 Å². The summed E-state index contributed by atoms with van der Waals surface area (Å²) in [6.45, 7) is 4.03. The maximum atomic E-state index is 12.1. The Balaban J connectivity index is 2.13. The van der Waals surface area contributed by atoms with Crippen LogP contribution in [0.25, 0.3) is 0 Å². The first-order valence-corrected chi connectivity index (χ1v) is 6.58. The molecule has 0 bridgehead atoms. The van der Waals surface area contributed by atoms with E-state index in [9.17, 15) is 4.79 Å². The zero-order chi connectivity index (χ0) is 14.7. The van der Waals surface area contributed by atoms with Crippen LogP contribution in [-0.2, 0) is 0 Å². The van der Waals surface area contributed by atoms with Crippen molar-refractivity contribution >= 4 is 29.0 Å². The Morgan fingerprint density at radius 3 is 2.70 bits per heavy atom. The van der Waals surface area contributed by atoms with E-state index in [0.717, 1.165) is 0 Å². The summed E-state index contributed by atoms with van der Waals surface area (Å²) in [5.41, 5.74) is 1.03. The van der Waals surface area contributed by atoms with Crippen LogP contribution in [0.2, 0.25) is 5.02 Å². The van der Waals surface area contributed by atoms with Gasteiger partial charge in [-0.2, -0.15) is 5.10 Å². The first-order valence-electron chi connectivity index (χ1n) is 6.20. The highest BCUT2D eigenvalue weighted by atomic mass is 35.5. The van der Waals surface area contributed by atoms with Gasteiger partial charge in [0.15, 0.2) is 0 Å². The van der Waals surface area contributed by atoms with E-state index in [1.54, 1.807) is 30.2 Å². The predicted molar refractivity (Wildman–Crippen MR) is 79.4 cm³/mol. The molecule has 0 aliphatic carbocycles. The molecule has 106 valence electrons. The lowest BCUT2D eigenvalue weighted by Gasteiger charge is -2.06. The van der Waals surface area contributed by atoms with E-state index in [0.29, 0.717) is 22.1 Å². The van der Waals surface area contributed by atoms with Crippen molar-refractivity contribution in [2.24, 2.45) is 0 Å². The zero-order valence-electron chi connectivity index (χ0n) is 11.5. The van der Waals surface area contributed by atoms with Crippen molar-refractivity contribution in [2.45, 2.75) is 19.9 Å². The number of carbonyl (C=O) groups is 1. The minimum Gasteiger partial charge on any atom is -0.372 e. The molecule has 0 saturated heterocycles. The van der Waals surface area contributed by atoms with Gasteiger partial charge in [-0.25, -0.2) is 4.98 Å². The molecular formula is C13H16ClN5O. The average molecular weight is 294 g/mol. The molecule has 6 nitrogen and oxygen atoms in total. The molecule has 2 rings (SSSR count). The fourth-order valence-electron chi connectivity index (χ4n) is 1.63. The third-order valence-electron chi connectivity index (χ3n) is 2.73. The summed E-state index contributed by atoms with van der Waals surface area (Å²) in [5.74, 6) is 0.265. The maximum absolute atomic E-state index is 12.1. The molecule has 20 heavy (non-hydrogen) atoms. The Labute approximate surface area is 122 Å². The average Bonchev–Trinajstić information content (AvgIpc) is 2.87. The second-order valence-electron chi connectivity index (χ2n) is 4.56. The van der Waals surface area contributed by atoms with Gasteiger partial charge in [0.05, 0.1) is 22.5 Å². The molecule has 0 saturated carbocycles. The Morgan fingerprint density at radius 2 is 2.15 bits per heavy atom. The van der Waals surface area contributed by atoms with Gasteiger partial charge in [0.1, 0.15) is 5.82 Å². The number of anilines is 2. The van der Waals surface area contributed by atoms with Crippen LogP contribution in [0, 0.1) is 0 Å². The van der Waals surface area contributed by atoms with E-state index in [1.165, 1.54) is 6.20 Å². The summed E-state index contributed by atoms with van der Waals surface area (Å²) in [6.07, 6.45) is 4.86. The highest BCUT2D eigenvalue weighted by molar-refractivity contribution is 6.33. The summed E-state index contributed by atoms with van der Waals surface area (Å²) in [7, 11) is 1.72. The van der Waals surface area contributed by atoms with E-state index in [-0.39, 0.29) is 11.9 Å². The van der Waals surface area contributed by atoms with Gasteiger partial charge in [-0.1, -0.05) is 11.6 Å². The van der Waals surface area contributed by atoms with Crippen LogP contribution in [0.5, 0.6) is 0 Å². The molecule has 0 atom stereocenters. The van der Waals surface area contributed by atoms with Gasteiger partial charge in [-0.15, -0.1) is 0 Å². The van der Waals surface area contributed by atoms with Gasteiger partial charge in [0.25, 0.3) is 5.91 Å². The van der Waals surface area contributed by atoms with Crippen molar-refractivity contribution in [3.8, 4) is 0 Å². The van der Waals surface area contributed by atoms with Gasteiger partial charge in [0.2, 0.25) is 0 Å². The second-order valence-corrected chi connectivity index (χ2v) is 4.97. The van der Waals surface area contributed by atoms with E-state index in [1.807, 2.05) is 13.8 Å². The molecule has 2 aromatic rings. The molecule has 2 N–H and O–H groups in total. The van der Waals surface area contributed by atoms with Crippen molar-refractivity contribution in [2.75, 3.05) is 17.7 Å². The summed E-state index contributed by atoms with van der Waals surface area (Å²) < 4.78 is 1.77. The second kappa shape index (κ2) is 5.92. The summed E-state index contributed by atoms with van der Waals surface area (Å²) in [6, 6.07) is 1.81. The molecule has 0 spiro atoms. The lowest BCUT2D eigenvalue weighted by Crippen LogP contribution is -2.12. The topological polar surface area (TPSA) is 71.8 Å². The number of hydrogen-bond donors (Lipinski definition) is 2. The van der Waals surface area contributed by atoms with Crippen molar-refractivity contribution in [3.05, 3.63) is 35.2 Å². The standard InChI is InChI=1S/C13H16ClN5O/c1-8(2)19-7-10(6-17-19)18-13(20)9-4-11(14)12(15-3)16-5-9/h4-8H,1-3H3,(H,15,16)(H,18,20). The smallest absolute Gasteiger partial charge is 0.257 e. The normalized spacial score (nSPS) is 10.7. The molecule has 0 aromatic carbocycles. The van der Waals surface area contributed by atoms with E-state index >= 15 is 0 Å². The third kappa shape index (κ3) is 3.08. The van der Waals surface area contributed by atoms with Crippen molar-refractivity contribution in [1.29, 1.82) is 0 Å². The van der Waals surface area contributed by atoms with Gasteiger partial charge < -0.3 is 10.6 Å². The Kier molecular flexibility index (Phi) is 4.24. The number of rotatable bonds is 4. The number of halogens is 1. The van der Waals surface area contributed by atoms with Crippen molar-refractivity contribution < 1.29 is 4.79 Å². The van der Waals surface area contributed by atoms with E-state index in [2.05, 4.69) is 20.7 Å². The van der Waals surface area contributed by atoms with Gasteiger partial charge >= 0.3 is 0 Å². The summed E-state index contributed by atoms with van der Waals surface area (Å²) >= 11 is 6.00. The number of nitrogens with one attached hydrogen (secondary N) is 2. The number of amides is 1. The number of aromatic nitrogens is 3. The third-order valence-corrected chi connectivity index (χ3v) is 3.02. The number of pyridine rings is 1. The van der Waals surface area contributed by atoms with Crippen LogP contribution >= 0.6 is 11.6 Å². The van der Waals surface area contributed by atoms with Gasteiger partial charge in [-0.3, -0.25) is 9.48 Å². The van der Waals surface area contributed by atoms with E-state index in [4.69, 9.17) is 11.6 Å². The largest absolute Gasteiger partial charge is 0.372 e. The quantitative estimate of drug-likeness (QED) is 0.909. The summed E-state index contributed by atoms with van der Waals surface area (Å²) in [5, 5.41) is 10.2. The molecule has 0 unspecified atom stereocenters. The zero-order valence-corrected chi connectivity index (χ0v) is 12.3. The molecule has 1 amide bonds. The molecular weight excluding hydrogens is 278 g/mol. The first-order chi connectivity index (χ1) is 9.51. The fourth-order valence-corrected chi connectivity index (χ4v) is 1.90. The minimum atomic E-state index is -0.273. The monoisotopic (exact) mass is 293 g/mol. The minimum absolute atomic E-state index is 0.242. The number of hydrogen-bond acceptors (Lipinski definition) is 4. The van der Waals surface area contributed by atoms with Crippen LogP contribution in [-0.4, -0.2) is 27.7 Å². The Bertz CT molecular complexity index is 623. The number of carbonyl (C=O) groups excluding carboxylic acids is 1. The van der Waals surface area contributed by atoms with Crippen LogP contribution < -0.4 is 10.6 Å². The first kappa shape index (κ1) is 14.3. The van der Waals surface area contributed by atoms with Crippen LogP contribution in [0.1, 0.15) is 30.2 Å². The Morgan fingerprint density at radius 1 is 1.40 bits per heavy atom. The lowest BCUT2D eigenvalue weighted by molar-refractivity contribution is 0.102. The SMILES string of the molecule is CNc1ncc(C(=O)Nc2cnn(C(C)C)c2)cc1Cl. The highest BCUT2D eigenvalue weighted by Crippen LogP contribution is 2.20. The van der Waals surface area contributed by atoms with Crippen molar-refractivity contribution in [1.82, 2.24) is 14.8 Å². The molecule has 2 aromatic heterocycles. The van der Waals surface area contributed by atoms with Crippen LogP contribution in [0.15, 0.2) is 24.7 Å². The maximum Gasteiger partial charge on any atom is 0.257 e. The molecule has 7 heteroatoms. The molecule has 0 radical (unpaired) electrons. The highest BCUT2D eigenvalue weighted by Gasteiger charge is 2.11. The summed E-state index contributed by atoms with van der Waals surface area (Å²) in [4.78, 5) is 16.1. The molecule has 2 heterocycles. The molecule has 0 fully saturated rings. The van der Waals surface area contributed by atoms with Gasteiger partial charge in [0, 0.05) is 25.5 Å². The molecule has 0 aliphatic rings. The van der Waals surface area contributed by atoms with Crippen LogP contribution in [0.3, 0.4) is 0 Å². The fraction of sp³-hybridized carbons (Fsp3) is 0.308. The molecule has 0 aliphatic heterocycles. The van der Waals surface area contributed by atoms with E-state index < -0.39 is 0 Å². The van der Waals surface area contributed by atoms with Gasteiger partial charge in [-0.05, 0) is 19.9 Å². The van der Waals surface area contributed by atoms with Crippen LogP contribution in [0.4, 0.5) is 11.5 Å². The lowest BCUT2D eigenvalue weighted by atomic mass is 10.2. The Hall–Kier alpha value is -2.08.